The molecule has 1 heterocycles. The summed E-state index contributed by atoms with van der Waals surface area (Å²) in [6, 6.07) is 8.42. The molecule has 0 spiro atoms. The van der Waals surface area contributed by atoms with Gasteiger partial charge < -0.3 is 5.32 Å². The SMILES string of the molecule is CCCc1c(C(=O)NC2CCCC2)nnn1-c1ccc(C)cc1. The fourth-order valence-electron chi connectivity index (χ4n) is 3.16. The van der Waals surface area contributed by atoms with Gasteiger partial charge in [0, 0.05) is 6.04 Å². The largest absolute Gasteiger partial charge is 0.348 e. The number of nitrogens with one attached hydrogen (secondary N) is 1. The van der Waals surface area contributed by atoms with Crippen molar-refractivity contribution in [2.24, 2.45) is 0 Å². The minimum Gasteiger partial charge on any atom is -0.348 e. The number of nitrogens with zero attached hydrogens (tertiary/aromatic N) is 3. The van der Waals surface area contributed by atoms with Gasteiger partial charge in [-0.2, -0.15) is 0 Å². The van der Waals surface area contributed by atoms with E-state index in [1.165, 1.54) is 18.4 Å². The van der Waals surface area contributed by atoms with Crippen LogP contribution in [-0.4, -0.2) is 26.9 Å². The van der Waals surface area contributed by atoms with Gasteiger partial charge in [0.1, 0.15) is 0 Å². The summed E-state index contributed by atoms with van der Waals surface area (Å²) in [5, 5.41) is 11.5. The summed E-state index contributed by atoms with van der Waals surface area (Å²) in [6.45, 7) is 4.16. The topological polar surface area (TPSA) is 59.8 Å². The van der Waals surface area contributed by atoms with Crippen molar-refractivity contribution in [2.75, 3.05) is 0 Å². The number of rotatable bonds is 5. The number of carbonyl (C=O) groups excluding carboxylic acids is 1. The molecule has 1 aromatic heterocycles. The maximum Gasteiger partial charge on any atom is 0.273 e. The Bertz CT molecular complexity index is 669. The van der Waals surface area contributed by atoms with Gasteiger partial charge in [0.2, 0.25) is 0 Å². The fraction of sp³-hybridized carbons (Fsp3) is 0.500. The van der Waals surface area contributed by atoms with Crippen LogP contribution in [0.15, 0.2) is 24.3 Å². The Labute approximate surface area is 137 Å². The first kappa shape index (κ1) is 15.7. The number of carbonyl (C=O) groups is 1. The van der Waals surface area contributed by atoms with E-state index >= 15 is 0 Å². The number of amides is 1. The second-order valence-electron chi connectivity index (χ2n) is 6.34. The Morgan fingerprint density at radius 2 is 1.96 bits per heavy atom. The standard InChI is InChI=1S/C18H24N4O/c1-3-6-16-17(18(23)19-14-7-4-5-8-14)20-21-22(16)15-11-9-13(2)10-12-15/h9-12,14H,3-8H2,1-2H3,(H,19,23). The molecule has 23 heavy (non-hydrogen) atoms. The Hall–Kier alpha value is -2.17. The Morgan fingerprint density at radius 3 is 2.61 bits per heavy atom. The Morgan fingerprint density at radius 1 is 1.26 bits per heavy atom. The van der Waals surface area contributed by atoms with Gasteiger partial charge in [-0.1, -0.05) is 49.1 Å². The monoisotopic (exact) mass is 312 g/mol. The zero-order valence-corrected chi connectivity index (χ0v) is 13.9. The summed E-state index contributed by atoms with van der Waals surface area (Å²) in [7, 11) is 0. The highest BCUT2D eigenvalue weighted by Crippen LogP contribution is 2.20. The molecule has 0 aliphatic heterocycles. The number of hydrogen-bond donors (Lipinski definition) is 1. The molecule has 5 nitrogen and oxygen atoms in total. The van der Waals surface area contributed by atoms with Crippen molar-refractivity contribution in [1.82, 2.24) is 20.3 Å². The summed E-state index contributed by atoms with van der Waals surface area (Å²) in [5.41, 5.74) is 3.52. The van der Waals surface area contributed by atoms with Gasteiger partial charge in [0.15, 0.2) is 5.69 Å². The highest BCUT2D eigenvalue weighted by molar-refractivity contribution is 5.93. The van der Waals surface area contributed by atoms with Crippen LogP contribution < -0.4 is 5.32 Å². The normalized spacial score (nSPS) is 15.0. The van der Waals surface area contributed by atoms with Crippen molar-refractivity contribution in [3.05, 3.63) is 41.2 Å². The molecule has 0 atom stereocenters. The van der Waals surface area contributed by atoms with Crippen molar-refractivity contribution in [2.45, 2.75) is 58.4 Å². The van der Waals surface area contributed by atoms with Crippen LogP contribution in [0.3, 0.4) is 0 Å². The molecule has 1 fully saturated rings. The minimum absolute atomic E-state index is 0.0845. The Kier molecular flexibility index (Phi) is 4.74. The van der Waals surface area contributed by atoms with Crippen molar-refractivity contribution in [1.29, 1.82) is 0 Å². The van der Waals surface area contributed by atoms with Gasteiger partial charge in [-0.05, 0) is 38.3 Å². The van der Waals surface area contributed by atoms with Gasteiger partial charge in [-0.15, -0.1) is 5.10 Å². The van der Waals surface area contributed by atoms with Crippen LogP contribution in [0.2, 0.25) is 0 Å². The van der Waals surface area contributed by atoms with E-state index in [1.807, 2.05) is 24.3 Å². The lowest BCUT2D eigenvalue weighted by Crippen LogP contribution is -2.33. The summed E-state index contributed by atoms with van der Waals surface area (Å²) in [4.78, 5) is 12.6. The molecule has 3 rings (SSSR count). The number of benzene rings is 1. The maximum atomic E-state index is 12.6. The number of hydrogen-bond acceptors (Lipinski definition) is 3. The van der Waals surface area contributed by atoms with E-state index in [4.69, 9.17) is 0 Å². The van der Waals surface area contributed by atoms with Crippen molar-refractivity contribution >= 4 is 5.91 Å². The van der Waals surface area contributed by atoms with Gasteiger partial charge in [0.05, 0.1) is 11.4 Å². The average molecular weight is 312 g/mol. The summed E-state index contributed by atoms with van der Waals surface area (Å²) >= 11 is 0. The molecule has 0 radical (unpaired) electrons. The smallest absolute Gasteiger partial charge is 0.273 e. The molecule has 5 heteroatoms. The van der Waals surface area contributed by atoms with Crippen LogP contribution in [-0.2, 0) is 6.42 Å². The third-order valence-electron chi connectivity index (χ3n) is 4.43. The second-order valence-corrected chi connectivity index (χ2v) is 6.34. The molecular formula is C18H24N4O. The molecule has 122 valence electrons. The van der Waals surface area contributed by atoms with Crippen LogP contribution in [0.4, 0.5) is 0 Å². The second kappa shape index (κ2) is 6.94. The zero-order chi connectivity index (χ0) is 16.2. The molecule has 1 aromatic carbocycles. The van der Waals surface area contributed by atoms with Crippen LogP contribution >= 0.6 is 0 Å². The van der Waals surface area contributed by atoms with Gasteiger partial charge >= 0.3 is 0 Å². The minimum atomic E-state index is -0.0845. The highest BCUT2D eigenvalue weighted by Gasteiger charge is 2.23. The lowest BCUT2D eigenvalue weighted by Gasteiger charge is -2.12. The molecule has 1 saturated carbocycles. The van der Waals surface area contributed by atoms with E-state index in [2.05, 4.69) is 29.5 Å². The predicted octanol–water partition coefficient (Wildman–Crippen LogP) is 3.20. The molecule has 2 aromatic rings. The van der Waals surface area contributed by atoms with Crippen LogP contribution in [0, 0.1) is 6.92 Å². The predicted molar refractivity (Wildman–Crippen MR) is 89.8 cm³/mol. The van der Waals surface area contributed by atoms with E-state index in [0.717, 1.165) is 37.1 Å². The lowest BCUT2D eigenvalue weighted by atomic mass is 10.1. The average Bonchev–Trinajstić information content (AvgIpc) is 3.18. The van der Waals surface area contributed by atoms with Gasteiger partial charge in [0.25, 0.3) is 5.91 Å². The highest BCUT2D eigenvalue weighted by atomic mass is 16.2. The molecule has 0 saturated heterocycles. The maximum absolute atomic E-state index is 12.6. The molecule has 1 N–H and O–H groups in total. The third kappa shape index (κ3) is 3.44. The number of aromatic nitrogens is 3. The molecule has 1 aliphatic rings. The van der Waals surface area contributed by atoms with E-state index < -0.39 is 0 Å². The lowest BCUT2D eigenvalue weighted by molar-refractivity contribution is 0.0931. The molecular weight excluding hydrogens is 288 g/mol. The first-order chi connectivity index (χ1) is 11.2. The van der Waals surface area contributed by atoms with Gasteiger partial charge in [-0.3, -0.25) is 4.79 Å². The van der Waals surface area contributed by atoms with E-state index in [0.29, 0.717) is 11.7 Å². The van der Waals surface area contributed by atoms with Crippen LogP contribution in [0.1, 0.15) is 60.8 Å². The molecule has 1 aliphatic carbocycles. The van der Waals surface area contributed by atoms with Crippen LogP contribution in [0.25, 0.3) is 5.69 Å². The summed E-state index contributed by atoms with van der Waals surface area (Å²) in [6.07, 6.45) is 6.27. The van der Waals surface area contributed by atoms with Crippen LogP contribution in [0.5, 0.6) is 0 Å². The first-order valence-corrected chi connectivity index (χ1v) is 8.51. The third-order valence-corrected chi connectivity index (χ3v) is 4.43. The zero-order valence-electron chi connectivity index (χ0n) is 13.9. The quantitative estimate of drug-likeness (QED) is 0.922. The Balaban J connectivity index is 1.88. The van der Waals surface area contributed by atoms with E-state index in [1.54, 1.807) is 4.68 Å². The number of aryl methyl sites for hydroxylation is 1. The fourth-order valence-corrected chi connectivity index (χ4v) is 3.16. The summed E-state index contributed by atoms with van der Waals surface area (Å²) < 4.78 is 1.80. The summed E-state index contributed by atoms with van der Waals surface area (Å²) in [5.74, 6) is -0.0845. The van der Waals surface area contributed by atoms with Gasteiger partial charge in [-0.25, -0.2) is 4.68 Å². The first-order valence-electron chi connectivity index (χ1n) is 8.51. The molecule has 1 amide bonds. The molecule has 0 unspecified atom stereocenters. The van der Waals surface area contributed by atoms with E-state index in [9.17, 15) is 4.79 Å². The van der Waals surface area contributed by atoms with Crippen molar-refractivity contribution < 1.29 is 4.79 Å². The van der Waals surface area contributed by atoms with Crippen molar-refractivity contribution in [3.63, 3.8) is 0 Å². The van der Waals surface area contributed by atoms with E-state index in [-0.39, 0.29) is 5.91 Å². The molecule has 0 bridgehead atoms. The van der Waals surface area contributed by atoms with Crippen molar-refractivity contribution in [3.8, 4) is 5.69 Å².